The molecule has 0 saturated heterocycles. The Labute approximate surface area is 307 Å². The summed E-state index contributed by atoms with van der Waals surface area (Å²) in [5.41, 5.74) is 11.6. The van der Waals surface area contributed by atoms with Crippen LogP contribution in [-0.2, 0) is 0 Å². The minimum atomic E-state index is 0.910. The first-order chi connectivity index (χ1) is 26.3. The van der Waals surface area contributed by atoms with Crippen LogP contribution in [0.1, 0.15) is 0 Å². The molecule has 10 aromatic carbocycles. The fourth-order valence-corrected chi connectivity index (χ4v) is 8.63. The van der Waals surface area contributed by atoms with Gasteiger partial charge in [-0.1, -0.05) is 164 Å². The zero-order chi connectivity index (χ0) is 34.9. The molecule has 1 heteroatoms. The number of fused-ring (bicyclic) bond motifs is 7. The molecule has 0 N–H and O–H groups in total. The molecule has 0 spiro atoms. The Bertz CT molecular complexity index is 3150. The van der Waals surface area contributed by atoms with Gasteiger partial charge in [0.25, 0.3) is 0 Å². The third kappa shape index (κ3) is 4.71. The smallest absolute Gasteiger partial charge is 0.135 e. The molecule has 11 aromatic rings. The van der Waals surface area contributed by atoms with Gasteiger partial charge in [0.2, 0.25) is 0 Å². The highest BCUT2D eigenvalue weighted by Gasteiger charge is 2.19. The second-order valence-corrected chi connectivity index (χ2v) is 14.0. The van der Waals surface area contributed by atoms with Gasteiger partial charge in [-0.2, -0.15) is 0 Å². The average Bonchev–Trinajstić information content (AvgIpc) is 3.60. The Morgan fingerprint density at radius 1 is 0.245 bits per heavy atom. The van der Waals surface area contributed by atoms with Crippen LogP contribution in [0.5, 0.6) is 0 Å². The second kappa shape index (κ2) is 11.8. The molecule has 0 bridgehead atoms. The maximum absolute atomic E-state index is 6.21. The SMILES string of the molecule is c1ccc2c(-c3ccc(-c4c5ccccc5c(-c5cc(-c6ccc7oc8ccccc8c7c6)c6ccccc6c5)c5ccccc45)cc3)cccc2c1. The largest absolute Gasteiger partial charge is 0.456 e. The van der Waals surface area contributed by atoms with Crippen LogP contribution in [0, 0.1) is 0 Å². The van der Waals surface area contributed by atoms with E-state index in [4.69, 9.17) is 4.42 Å². The van der Waals surface area contributed by atoms with Crippen molar-refractivity contribution in [3.63, 3.8) is 0 Å². The quantitative estimate of drug-likeness (QED) is 0.170. The van der Waals surface area contributed by atoms with Crippen LogP contribution < -0.4 is 0 Å². The fraction of sp³-hybridized carbons (Fsp3) is 0. The van der Waals surface area contributed by atoms with Crippen LogP contribution in [0.3, 0.4) is 0 Å². The maximum Gasteiger partial charge on any atom is 0.135 e. The number of furan rings is 1. The van der Waals surface area contributed by atoms with E-state index in [0.717, 1.165) is 21.9 Å². The molecule has 53 heavy (non-hydrogen) atoms. The van der Waals surface area contributed by atoms with Crippen molar-refractivity contribution in [3.05, 3.63) is 194 Å². The van der Waals surface area contributed by atoms with E-state index >= 15 is 0 Å². The Kier molecular flexibility index (Phi) is 6.62. The first-order valence-electron chi connectivity index (χ1n) is 18.3. The molecule has 0 aliphatic carbocycles. The molecule has 0 amide bonds. The topological polar surface area (TPSA) is 13.1 Å². The molecule has 11 rings (SSSR count). The summed E-state index contributed by atoms with van der Waals surface area (Å²) >= 11 is 0. The van der Waals surface area contributed by atoms with Gasteiger partial charge < -0.3 is 4.42 Å². The van der Waals surface area contributed by atoms with E-state index in [0.29, 0.717) is 0 Å². The molecule has 0 fully saturated rings. The molecule has 0 saturated carbocycles. The maximum atomic E-state index is 6.21. The minimum Gasteiger partial charge on any atom is -0.456 e. The van der Waals surface area contributed by atoms with Gasteiger partial charge in [0, 0.05) is 10.8 Å². The zero-order valence-electron chi connectivity index (χ0n) is 28.9. The van der Waals surface area contributed by atoms with Crippen molar-refractivity contribution in [1.82, 2.24) is 0 Å². The molecular weight excluding hydrogens is 641 g/mol. The van der Waals surface area contributed by atoms with E-state index in [1.54, 1.807) is 0 Å². The zero-order valence-corrected chi connectivity index (χ0v) is 28.9. The summed E-state index contributed by atoms with van der Waals surface area (Å²) in [7, 11) is 0. The minimum absolute atomic E-state index is 0.910. The second-order valence-electron chi connectivity index (χ2n) is 14.0. The summed E-state index contributed by atoms with van der Waals surface area (Å²) < 4.78 is 6.21. The molecule has 0 aliphatic rings. The number of rotatable bonds is 4. The van der Waals surface area contributed by atoms with E-state index in [9.17, 15) is 0 Å². The molecular formula is C52H32O. The van der Waals surface area contributed by atoms with Crippen LogP contribution in [0.2, 0.25) is 0 Å². The lowest BCUT2D eigenvalue weighted by Crippen LogP contribution is -1.92. The van der Waals surface area contributed by atoms with Crippen molar-refractivity contribution in [3.8, 4) is 44.5 Å². The van der Waals surface area contributed by atoms with Crippen LogP contribution in [0.15, 0.2) is 199 Å². The van der Waals surface area contributed by atoms with Gasteiger partial charge in [-0.05, 0) is 118 Å². The van der Waals surface area contributed by atoms with E-state index in [1.807, 2.05) is 12.1 Å². The van der Waals surface area contributed by atoms with Gasteiger partial charge in [-0.15, -0.1) is 0 Å². The molecule has 0 atom stereocenters. The average molecular weight is 673 g/mol. The molecule has 246 valence electrons. The normalized spacial score (nSPS) is 11.8. The third-order valence-electron chi connectivity index (χ3n) is 11.0. The molecule has 1 heterocycles. The lowest BCUT2D eigenvalue weighted by atomic mass is 9.84. The number of para-hydroxylation sites is 1. The van der Waals surface area contributed by atoms with Gasteiger partial charge >= 0.3 is 0 Å². The number of hydrogen-bond donors (Lipinski definition) is 0. The van der Waals surface area contributed by atoms with Crippen molar-refractivity contribution in [2.45, 2.75) is 0 Å². The van der Waals surface area contributed by atoms with Gasteiger partial charge in [0.15, 0.2) is 0 Å². The Morgan fingerprint density at radius 3 is 1.43 bits per heavy atom. The highest BCUT2D eigenvalue weighted by Crippen LogP contribution is 2.46. The van der Waals surface area contributed by atoms with Crippen LogP contribution in [0.25, 0.3) is 110 Å². The standard InChI is InChI=1S/C52H32O/c1-3-15-39-33(12-1)14-11-22-40(39)34-24-26-35(27-25-34)51-43-18-5-7-20-45(43)52(46-21-8-6-19-44(46)51)38-30-36-13-2-4-16-41(36)47(32-38)37-28-29-50-48(31-37)42-17-9-10-23-49(42)53-50/h1-32H. The predicted octanol–water partition coefficient (Wildman–Crippen LogP) is 14.9. The summed E-state index contributed by atoms with van der Waals surface area (Å²) in [5, 5.41) is 12.3. The molecule has 1 aromatic heterocycles. The first kappa shape index (κ1) is 29.7. The van der Waals surface area contributed by atoms with Crippen LogP contribution >= 0.6 is 0 Å². The Balaban J connectivity index is 1.13. The van der Waals surface area contributed by atoms with Crippen LogP contribution in [-0.4, -0.2) is 0 Å². The lowest BCUT2D eigenvalue weighted by molar-refractivity contribution is 0.669. The van der Waals surface area contributed by atoms with Crippen molar-refractivity contribution >= 4 is 65.0 Å². The van der Waals surface area contributed by atoms with Crippen molar-refractivity contribution < 1.29 is 4.42 Å². The van der Waals surface area contributed by atoms with Gasteiger partial charge in [-0.25, -0.2) is 0 Å². The van der Waals surface area contributed by atoms with Crippen molar-refractivity contribution in [1.29, 1.82) is 0 Å². The summed E-state index contributed by atoms with van der Waals surface area (Å²) in [6.45, 7) is 0. The highest BCUT2D eigenvalue weighted by molar-refractivity contribution is 6.22. The molecule has 0 aliphatic heterocycles. The first-order valence-corrected chi connectivity index (χ1v) is 18.3. The summed E-state index contributed by atoms with van der Waals surface area (Å²) in [6, 6.07) is 70.7. The highest BCUT2D eigenvalue weighted by atomic mass is 16.3. The van der Waals surface area contributed by atoms with Gasteiger partial charge in [0.1, 0.15) is 11.2 Å². The summed E-state index contributed by atoms with van der Waals surface area (Å²) in [4.78, 5) is 0. The van der Waals surface area contributed by atoms with E-state index in [1.165, 1.54) is 87.6 Å². The summed E-state index contributed by atoms with van der Waals surface area (Å²) in [6.07, 6.45) is 0. The predicted molar refractivity (Wildman–Crippen MR) is 225 cm³/mol. The monoisotopic (exact) mass is 672 g/mol. The lowest BCUT2D eigenvalue weighted by Gasteiger charge is -2.19. The fourth-order valence-electron chi connectivity index (χ4n) is 8.63. The Hall–Kier alpha value is -6.96. The summed E-state index contributed by atoms with van der Waals surface area (Å²) in [5.74, 6) is 0. The molecule has 0 unspecified atom stereocenters. The van der Waals surface area contributed by atoms with E-state index < -0.39 is 0 Å². The number of hydrogen-bond acceptors (Lipinski definition) is 1. The number of benzene rings is 10. The van der Waals surface area contributed by atoms with Crippen molar-refractivity contribution in [2.75, 3.05) is 0 Å². The van der Waals surface area contributed by atoms with Gasteiger partial charge in [-0.3, -0.25) is 0 Å². The van der Waals surface area contributed by atoms with Crippen LogP contribution in [0.4, 0.5) is 0 Å². The third-order valence-corrected chi connectivity index (χ3v) is 11.0. The van der Waals surface area contributed by atoms with E-state index in [-0.39, 0.29) is 0 Å². The molecule has 0 radical (unpaired) electrons. The Morgan fingerprint density at radius 2 is 0.736 bits per heavy atom. The van der Waals surface area contributed by atoms with Crippen molar-refractivity contribution in [2.24, 2.45) is 0 Å². The van der Waals surface area contributed by atoms with Gasteiger partial charge in [0.05, 0.1) is 0 Å². The van der Waals surface area contributed by atoms with E-state index in [2.05, 4.69) is 182 Å². The molecule has 1 nitrogen and oxygen atoms in total.